The zero-order valence-corrected chi connectivity index (χ0v) is 13.2. The molecule has 1 aromatic carbocycles. The second kappa shape index (κ2) is 7.75. The average Bonchev–Trinajstić information content (AvgIpc) is 2.49. The SMILES string of the molecule is COc1ccc(CN2CCCCC2CCCl)cc1OC. The third kappa shape index (κ3) is 3.80. The van der Waals surface area contributed by atoms with Crippen LogP contribution < -0.4 is 9.47 Å². The van der Waals surface area contributed by atoms with Crippen LogP contribution in [0.4, 0.5) is 0 Å². The van der Waals surface area contributed by atoms with Gasteiger partial charge in [-0.25, -0.2) is 0 Å². The number of ether oxygens (including phenoxy) is 2. The quantitative estimate of drug-likeness (QED) is 0.748. The molecule has 0 radical (unpaired) electrons. The first-order valence-electron chi connectivity index (χ1n) is 7.29. The minimum Gasteiger partial charge on any atom is -0.493 e. The third-order valence-corrected chi connectivity index (χ3v) is 4.24. The predicted octanol–water partition coefficient (Wildman–Crippen LogP) is 3.69. The monoisotopic (exact) mass is 297 g/mol. The van der Waals surface area contributed by atoms with E-state index in [0.29, 0.717) is 6.04 Å². The maximum atomic E-state index is 5.93. The summed E-state index contributed by atoms with van der Waals surface area (Å²) in [5.41, 5.74) is 1.27. The van der Waals surface area contributed by atoms with Crippen molar-refractivity contribution in [2.75, 3.05) is 26.6 Å². The summed E-state index contributed by atoms with van der Waals surface area (Å²) < 4.78 is 10.7. The van der Waals surface area contributed by atoms with E-state index >= 15 is 0 Å². The summed E-state index contributed by atoms with van der Waals surface area (Å²) in [6.07, 6.45) is 4.95. The summed E-state index contributed by atoms with van der Waals surface area (Å²) in [5, 5.41) is 0. The molecule has 3 nitrogen and oxygen atoms in total. The van der Waals surface area contributed by atoms with Crippen LogP contribution in [0.15, 0.2) is 18.2 Å². The van der Waals surface area contributed by atoms with Gasteiger partial charge in [-0.1, -0.05) is 12.5 Å². The number of methoxy groups -OCH3 is 2. The fraction of sp³-hybridized carbons (Fsp3) is 0.625. The molecular weight excluding hydrogens is 274 g/mol. The molecule has 2 rings (SSSR count). The molecule has 0 bridgehead atoms. The normalized spacial score (nSPS) is 19.9. The topological polar surface area (TPSA) is 21.7 Å². The number of hydrogen-bond acceptors (Lipinski definition) is 3. The number of halogens is 1. The highest BCUT2D eigenvalue weighted by Crippen LogP contribution is 2.29. The molecule has 1 atom stereocenters. The molecule has 0 N–H and O–H groups in total. The van der Waals surface area contributed by atoms with Crippen molar-refractivity contribution in [1.29, 1.82) is 0 Å². The molecular formula is C16H24ClNO2. The molecule has 1 saturated heterocycles. The molecule has 20 heavy (non-hydrogen) atoms. The van der Waals surface area contributed by atoms with Gasteiger partial charge in [0.15, 0.2) is 11.5 Å². The molecule has 0 saturated carbocycles. The summed E-state index contributed by atoms with van der Waals surface area (Å²) in [7, 11) is 3.34. The summed E-state index contributed by atoms with van der Waals surface area (Å²) in [5.74, 6) is 2.33. The lowest BCUT2D eigenvalue weighted by atomic mass is 9.99. The molecule has 0 amide bonds. The lowest BCUT2D eigenvalue weighted by molar-refractivity contribution is 0.136. The Kier molecular flexibility index (Phi) is 5.99. The first kappa shape index (κ1) is 15.5. The van der Waals surface area contributed by atoms with Gasteiger partial charge in [0, 0.05) is 18.5 Å². The average molecular weight is 298 g/mol. The van der Waals surface area contributed by atoms with Crippen LogP contribution in [-0.2, 0) is 6.54 Å². The number of alkyl halides is 1. The van der Waals surface area contributed by atoms with E-state index in [9.17, 15) is 0 Å². The molecule has 1 heterocycles. The molecule has 4 heteroatoms. The zero-order valence-electron chi connectivity index (χ0n) is 12.4. The number of benzene rings is 1. The van der Waals surface area contributed by atoms with Crippen molar-refractivity contribution in [2.24, 2.45) is 0 Å². The van der Waals surface area contributed by atoms with Gasteiger partial charge in [0.1, 0.15) is 0 Å². The molecule has 1 aliphatic rings. The van der Waals surface area contributed by atoms with Crippen molar-refractivity contribution in [3.63, 3.8) is 0 Å². The maximum absolute atomic E-state index is 5.93. The Morgan fingerprint density at radius 1 is 1.20 bits per heavy atom. The minimum atomic E-state index is 0.620. The van der Waals surface area contributed by atoms with Crippen molar-refractivity contribution in [1.82, 2.24) is 4.90 Å². The third-order valence-electron chi connectivity index (χ3n) is 4.03. The van der Waals surface area contributed by atoms with Crippen LogP contribution in [0.5, 0.6) is 11.5 Å². The Hall–Kier alpha value is -0.930. The van der Waals surface area contributed by atoms with E-state index in [0.717, 1.165) is 36.9 Å². The molecule has 1 aliphatic heterocycles. The van der Waals surface area contributed by atoms with Gasteiger partial charge >= 0.3 is 0 Å². The second-order valence-corrected chi connectivity index (χ2v) is 5.67. The summed E-state index contributed by atoms with van der Waals surface area (Å²) in [6.45, 7) is 2.12. The van der Waals surface area contributed by atoms with E-state index in [1.165, 1.54) is 24.8 Å². The lowest BCUT2D eigenvalue weighted by Gasteiger charge is -2.35. The van der Waals surface area contributed by atoms with E-state index in [-0.39, 0.29) is 0 Å². The van der Waals surface area contributed by atoms with Gasteiger partial charge in [-0.3, -0.25) is 4.90 Å². The molecule has 1 unspecified atom stereocenters. The van der Waals surface area contributed by atoms with Crippen molar-refractivity contribution < 1.29 is 9.47 Å². The fourth-order valence-electron chi connectivity index (χ4n) is 2.93. The largest absolute Gasteiger partial charge is 0.493 e. The van der Waals surface area contributed by atoms with E-state index in [1.54, 1.807) is 14.2 Å². The van der Waals surface area contributed by atoms with Crippen molar-refractivity contribution in [3.8, 4) is 11.5 Å². The Balaban J connectivity index is 2.07. The van der Waals surface area contributed by atoms with Crippen LogP contribution >= 0.6 is 11.6 Å². The smallest absolute Gasteiger partial charge is 0.161 e. The zero-order chi connectivity index (χ0) is 14.4. The lowest BCUT2D eigenvalue weighted by Crippen LogP contribution is -2.39. The molecule has 1 aromatic rings. The van der Waals surface area contributed by atoms with Crippen molar-refractivity contribution in [3.05, 3.63) is 23.8 Å². The first-order chi connectivity index (χ1) is 9.78. The molecule has 0 aliphatic carbocycles. The van der Waals surface area contributed by atoms with Gasteiger partial charge in [-0.05, 0) is 43.5 Å². The number of nitrogens with zero attached hydrogens (tertiary/aromatic N) is 1. The van der Waals surface area contributed by atoms with Crippen LogP contribution in [0.1, 0.15) is 31.2 Å². The number of likely N-dealkylation sites (tertiary alicyclic amines) is 1. The molecule has 0 spiro atoms. The highest BCUT2D eigenvalue weighted by atomic mass is 35.5. The second-order valence-electron chi connectivity index (χ2n) is 5.29. The van der Waals surface area contributed by atoms with Gasteiger partial charge < -0.3 is 9.47 Å². The standard InChI is InChI=1S/C16H24ClNO2/c1-19-15-7-6-13(11-16(15)20-2)12-18-10-4-3-5-14(18)8-9-17/h6-7,11,14H,3-5,8-10,12H2,1-2H3. The summed E-state index contributed by atoms with van der Waals surface area (Å²) in [4.78, 5) is 2.55. The summed E-state index contributed by atoms with van der Waals surface area (Å²) >= 11 is 5.93. The van der Waals surface area contributed by atoms with E-state index in [2.05, 4.69) is 17.0 Å². The van der Waals surface area contributed by atoms with Crippen molar-refractivity contribution >= 4 is 11.6 Å². The van der Waals surface area contributed by atoms with Gasteiger partial charge in [-0.2, -0.15) is 0 Å². The van der Waals surface area contributed by atoms with Crippen molar-refractivity contribution in [2.45, 2.75) is 38.3 Å². The fourth-order valence-corrected chi connectivity index (χ4v) is 3.19. The van der Waals surface area contributed by atoms with Crippen LogP contribution in [-0.4, -0.2) is 37.6 Å². The van der Waals surface area contributed by atoms with Gasteiger partial charge in [0.25, 0.3) is 0 Å². The summed E-state index contributed by atoms with van der Waals surface area (Å²) in [6, 6.07) is 6.79. The van der Waals surface area contributed by atoms with Crippen LogP contribution in [0, 0.1) is 0 Å². The van der Waals surface area contributed by atoms with Crippen LogP contribution in [0.2, 0.25) is 0 Å². The minimum absolute atomic E-state index is 0.620. The first-order valence-corrected chi connectivity index (χ1v) is 7.83. The molecule has 0 aromatic heterocycles. The molecule has 1 fully saturated rings. The van der Waals surface area contributed by atoms with E-state index in [1.807, 2.05) is 6.07 Å². The highest BCUT2D eigenvalue weighted by Gasteiger charge is 2.22. The number of rotatable bonds is 6. The molecule has 112 valence electrons. The predicted molar refractivity (Wildman–Crippen MR) is 82.9 cm³/mol. The Bertz CT molecular complexity index is 423. The Labute approximate surface area is 126 Å². The van der Waals surface area contributed by atoms with E-state index in [4.69, 9.17) is 21.1 Å². The van der Waals surface area contributed by atoms with Gasteiger partial charge in [0.05, 0.1) is 14.2 Å². The number of hydrogen-bond donors (Lipinski definition) is 0. The number of piperidine rings is 1. The Morgan fingerprint density at radius 3 is 2.70 bits per heavy atom. The van der Waals surface area contributed by atoms with Crippen LogP contribution in [0.25, 0.3) is 0 Å². The van der Waals surface area contributed by atoms with Gasteiger partial charge in [0.2, 0.25) is 0 Å². The highest BCUT2D eigenvalue weighted by molar-refractivity contribution is 6.17. The van der Waals surface area contributed by atoms with E-state index < -0.39 is 0 Å². The van der Waals surface area contributed by atoms with Crippen LogP contribution in [0.3, 0.4) is 0 Å². The maximum Gasteiger partial charge on any atom is 0.161 e. The van der Waals surface area contributed by atoms with Gasteiger partial charge in [-0.15, -0.1) is 11.6 Å². The Morgan fingerprint density at radius 2 is 2.00 bits per heavy atom.